The van der Waals surface area contributed by atoms with Gasteiger partial charge >= 0.3 is 0 Å². The van der Waals surface area contributed by atoms with Crippen LogP contribution in [0.4, 0.5) is 17.1 Å². The van der Waals surface area contributed by atoms with Crippen molar-refractivity contribution in [1.82, 2.24) is 4.98 Å². The Bertz CT molecular complexity index is 1090. The average molecular weight is 384 g/mol. The fourth-order valence-corrected chi connectivity index (χ4v) is 3.49. The van der Waals surface area contributed by atoms with Gasteiger partial charge in [0.15, 0.2) is 0 Å². The molecule has 146 valence electrons. The normalized spacial score (nSPS) is 12.9. The lowest BCUT2D eigenvalue weighted by Gasteiger charge is -2.31. The van der Waals surface area contributed by atoms with Crippen molar-refractivity contribution >= 4 is 28.7 Å². The molecule has 5 nitrogen and oxygen atoms in total. The van der Waals surface area contributed by atoms with E-state index in [0.29, 0.717) is 12.1 Å². The van der Waals surface area contributed by atoms with Crippen molar-refractivity contribution in [3.05, 3.63) is 95.8 Å². The summed E-state index contributed by atoms with van der Waals surface area (Å²) in [5.41, 5.74) is 13.5. The molecule has 0 atom stereocenters. The second-order valence-corrected chi connectivity index (χ2v) is 7.16. The molecule has 0 saturated carbocycles. The van der Waals surface area contributed by atoms with Crippen molar-refractivity contribution < 1.29 is 4.79 Å². The monoisotopic (exact) mass is 384 g/mol. The minimum absolute atomic E-state index is 0.184. The summed E-state index contributed by atoms with van der Waals surface area (Å²) in [6.07, 6.45) is 5.01. The van der Waals surface area contributed by atoms with Gasteiger partial charge in [0.1, 0.15) is 0 Å². The standard InChI is InChI=1S/C24H24N4O/c1-16(2)24(29)27-19-4-3-5-20(14-19)28-22(11-10-21-23(28)12-13-26-21)18-8-6-17(15-25)7-9-18/h3-9,11-14,26H,1,10,15,25H2,2H3,(H,27,29). The van der Waals surface area contributed by atoms with Crippen LogP contribution in [0.1, 0.15) is 23.7 Å². The number of hydrogen-bond acceptors (Lipinski definition) is 3. The van der Waals surface area contributed by atoms with Crippen LogP contribution in [-0.4, -0.2) is 10.9 Å². The maximum absolute atomic E-state index is 12.1. The number of nitrogens with zero attached hydrogens (tertiary/aromatic N) is 1. The number of H-pyrrole nitrogens is 1. The molecule has 1 aliphatic heterocycles. The van der Waals surface area contributed by atoms with Crippen LogP contribution in [0.15, 0.2) is 79.0 Å². The molecular formula is C24H24N4O. The van der Waals surface area contributed by atoms with Crippen LogP contribution in [0.2, 0.25) is 0 Å². The minimum atomic E-state index is -0.184. The third kappa shape index (κ3) is 3.73. The van der Waals surface area contributed by atoms with E-state index in [1.54, 1.807) is 6.92 Å². The first kappa shape index (κ1) is 18.8. The number of carbonyl (C=O) groups is 1. The van der Waals surface area contributed by atoms with E-state index >= 15 is 0 Å². The van der Waals surface area contributed by atoms with Gasteiger partial charge in [-0.25, -0.2) is 0 Å². The highest BCUT2D eigenvalue weighted by molar-refractivity contribution is 6.03. The van der Waals surface area contributed by atoms with Gasteiger partial charge < -0.3 is 20.9 Å². The van der Waals surface area contributed by atoms with E-state index in [-0.39, 0.29) is 5.91 Å². The Morgan fingerprint density at radius 2 is 2.00 bits per heavy atom. The number of nitrogens with two attached hydrogens (primary N) is 1. The Kier molecular flexibility index (Phi) is 5.06. The zero-order chi connectivity index (χ0) is 20.4. The third-order valence-corrected chi connectivity index (χ3v) is 5.02. The average Bonchev–Trinajstić information content (AvgIpc) is 3.22. The van der Waals surface area contributed by atoms with Crippen LogP contribution in [0.25, 0.3) is 5.70 Å². The highest BCUT2D eigenvalue weighted by Crippen LogP contribution is 2.40. The molecule has 0 aliphatic carbocycles. The maximum atomic E-state index is 12.1. The van der Waals surface area contributed by atoms with Gasteiger partial charge in [-0.15, -0.1) is 0 Å². The molecule has 3 aromatic rings. The molecule has 5 heteroatoms. The fourth-order valence-electron chi connectivity index (χ4n) is 3.49. The predicted molar refractivity (Wildman–Crippen MR) is 119 cm³/mol. The second-order valence-electron chi connectivity index (χ2n) is 7.16. The summed E-state index contributed by atoms with van der Waals surface area (Å²) in [6.45, 7) is 5.93. The molecule has 4 N–H and O–H groups in total. The molecule has 4 rings (SSSR count). The van der Waals surface area contributed by atoms with E-state index < -0.39 is 0 Å². The molecule has 2 aromatic carbocycles. The van der Waals surface area contributed by atoms with Gasteiger partial charge in [0.25, 0.3) is 5.91 Å². The highest BCUT2D eigenvalue weighted by Gasteiger charge is 2.23. The summed E-state index contributed by atoms with van der Waals surface area (Å²) in [6, 6.07) is 18.2. The summed E-state index contributed by atoms with van der Waals surface area (Å²) in [5, 5.41) is 2.90. The molecule has 0 unspecified atom stereocenters. The van der Waals surface area contributed by atoms with Crippen molar-refractivity contribution in [1.29, 1.82) is 0 Å². The van der Waals surface area contributed by atoms with Crippen molar-refractivity contribution in [2.24, 2.45) is 5.73 Å². The molecule has 0 saturated heterocycles. The number of allylic oxidation sites excluding steroid dienone is 1. The minimum Gasteiger partial charge on any atom is -0.363 e. The summed E-state index contributed by atoms with van der Waals surface area (Å²) in [5.74, 6) is -0.184. The lowest BCUT2D eigenvalue weighted by Crippen LogP contribution is -2.20. The Labute approximate surface area is 170 Å². The molecule has 0 fully saturated rings. The number of aromatic amines is 1. The SMILES string of the molecule is C=C(C)C(=O)Nc1cccc(N2C(c3ccc(CN)cc3)=CCc3[nH]ccc32)c1. The van der Waals surface area contributed by atoms with Gasteiger partial charge in [-0.1, -0.05) is 43.0 Å². The van der Waals surface area contributed by atoms with Gasteiger partial charge in [-0.05, 0) is 42.3 Å². The van der Waals surface area contributed by atoms with Crippen LogP contribution < -0.4 is 16.0 Å². The number of aromatic nitrogens is 1. The lowest BCUT2D eigenvalue weighted by atomic mass is 10.0. The first-order valence-electron chi connectivity index (χ1n) is 9.59. The van der Waals surface area contributed by atoms with Crippen LogP contribution in [0.5, 0.6) is 0 Å². The van der Waals surface area contributed by atoms with Crippen molar-refractivity contribution in [2.45, 2.75) is 19.9 Å². The number of benzene rings is 2. The van der Waals surface area contributed by atoms with E-state index in [2.05, 4.69) is 58.2 Å². The number of anilines is 3. The number of carbonyl (C=O) groups excluding carboxylic acids is 1. The fraction of sp³-hybridized carbons (Fsp3) is 0.125. The molecule has 0 spiro atoms. The smallest absolute Gasteiger partial charge is 0.250 e. The Morgan fingerprint density at radius 1 is 1.21 bits per heavy atom. The number of hydrogen-bond donors (Lipinski definition) is 3. The van der Waals surface area contributed by atoms with Crippen molar-refractivity contribution in [2.75, 3.05) is 10.2 Å². The summed E-state index contributed by atoms with van der Waals surface area (Å²) >= 11 is 0. The van der Waals surface area contributed by atoms with E-state index in [1.807, 2.05) is 30.5 Å². The molecular weight excluding hydrogens is 360 g/mol. The van der Waals surface area contributed by atoms with E-state index in [0.717, 1.165) is 46.0 Å². The largest absolute Gasteiger partial charge is 0.363 e. The Hall–Kier alpha value is -3.57. The van der Waals surface area contributed by atoms with E-state index in [9.17, 15) is 4.79 Å². The van der Waals surface area contributed by atoms with Gasteiger partial charge in [0.2, 0.25) is 0 Å². The number of nitrogens with one attached hydrogen (secondary N) is 2. The van der Waals surface area contributed by atoms with E-state index in [4.69, 9.17) is 5.73 Å². The molecule has 1 aliphatic rings. The number of amides is 1. The molecule has 0 bridgehead atoms. The first-order chi connectivity index (χ1) is 14.1. The zero-order valence-corrected chi connectivity index (χ0v) is 16.4. The molecule has 2 heterocycles. The van der Waals surface area contributed by atoms with Gasteiger partial charge in [0, 0.05) is 47.5 Å². The number of rotatable bonds is 5. The second kappa shape index (κ2) is 7.81. The molecule has 1 aromatic heterocycles. The number of fused-ring (bicyclic) bond motifs is 1. The molecule has 0 radical (unpaired) electrons. The first-order valence-corrected chi connectivity index (χ1v) is 9.59. The zero-order valence-electron chi connectivity index (χ0n) is 16.4. The topological polar surface area (TPSA) is 74.2 Å². The lowest BCUT2D eigenvalue weighted by molar-refractivity contribution is -0.112. The summed E-state index contributed by atoms with van der Waals surface area (Å²) < 4.78 is 0. The molecule has 29 heavy (non-hydrogen) atoms. The van der Waals surface area contributed by atoms with Gasteiger partial charge in [-0.3, -0.25) is 4.79 Å². The van der Waals surface area contributed by atoms with Crippen molar-refractivity contribution in [3.63, 3.8) is 0 Å². The Balaban J connectivity index is 1.75. The summed E-state index contributed by atoms with van der Waals surface area (Å²) in [4.78, 5) is 17.6. The quantitative estimate of drug-likeness (QED) is 0.557. The highest BCUT2D eigenvalue weighted by atomic mass is 16.1. The van der Waals surface area contributed by atoms with Crippen LogP contribution in [0.3, 0.4) is 0 Å². The Morgan fingerprint density at radius 3 is 2.72 bits per heavy atom. The molecule has 1 amide bonds. The van der Waals surface area contributed by atoms with Gasteiger partial charge in [0.05, 0.1) is 5.69 Å². The third-order valence-electron chi connectivity index (χ3n) is 5.02. The van der Waals surface area contributed by atoms with Crippen molar-refractivity contribution in [3.8, 4) is 0 Å². The van der Waals surface area contributed by atoms with E-state index in [1.165, 1.54) is 0 Å². The summed E-state index contributed by atoms with van der Waals surface area (Å²) in [7, 11) is 0. The van der Waals surface area contributed by atoms with Crippen LogP contribution in [-0.2, 0) is 17.8 Å². The van der Waals surface area contributed by atoms with Crippen LogP contribution in [0, 0.1) is 0 Å². The maximum Gasteiger partial charge on any atom is 0.250 e. The predicted octanol–water partition coefficient (Wildman–Crippen LogP) is 4.72. The van der Waals surface area contributed by atoms with Crippen LogP contribution >= 0.6 is 0 Å². The van der Waals surface area contributed by atoms with Gasteiger partial charge in [-0.2, -0.15) is 0 Å².